The van der Waals surface area contributed by atoms with Gasteiger partial charge in [-0.25, -0.2) is 0 Å². The molecule has 7 nitrogen and oxygen atoms in total. The first-order chi connectivity index (χ1) is 14.2. The summed E-state index contributed by atoms with van der Waals surface area (Å²) in [5.41, 5.74) is 8.04. The lowest BCUT2D eigenvalue weighted by Crippen LogP contribution is -2.59. The van der Waals surface area contributed by atoms with Crippen molar-refractivity contribution in [3.05, 3.63) is 69.1 Å². The summed E-state index contributed by atoms with van der Waals surface area (Å²) in [7, 11) is 1.65. The second-order valence-electron chi connectivity index (χ2n) is 9.03. The molecule has 1 heterocycles. The van der Waals surface area contributed by atoms with E-state index >= 15 is 0 Å². The molecule has 2 saturated carbocycles. The van der Waals surface area contributed by atoms with E-state index in [0.29, 0.717) is 18.0 Å². The van der Waals surface area contributed by atoms with E-state index in [1.165, 1.54) is 17.2 Å². The number of carbonyl (C=O) groups is 2. The van der Waals surface area contributed by atoms with Crippen LogP contribution in [-0.2, 0) is 6.54 Å². The molecule has 1 aromatic heterocycles. The van der Waals surface area contributed by atoms with Gasteiger partial charge in [-0.05, 0) is 49.7 Å². The smallest absolute Gasteiger partial charge is 0.260 e. The van der Waals surface area contributed by atoms with Crippen molar-refractivity contribution in [3.63, 3.8) is 0 Å². The molecule has 0 saturated heterocycles. The van der Waals surface area contributed by atoms with E-state index in [-0.39, 0.29) is 23.1 Å². The van der Waals surface area contributed by atoms with Crippen LogP contribution in [0.25, 0.3) is 0 Å². The Kier molecular flexibility index (Phi) is 5.24. The molecule has 0 bridgehead atoms. The van der Waals surface area contributed by atoms with Crippen molar-refractivity contribution in [2.24, 2.45) is 11.1 Å². The topological polar surface area (TPSA) is 108 Å². The summed E-state index contributed by atoms with van der Waals surface area (Å²) in [6.45, 7) is 2.37. The summed E-state index contributed by atoms with van der Waals surface area (Å²) in [6, 6.07) is 9.66. The van der Waals surface area contributed by atoms with Crippen molar-refractivity contribution in [1.29, 1.82) is 0 Å². The number of carbonyl (C=O) groups excluding carboxylic acids is 2. The number of hydrogen-bond donors (Lipinski definition) is 3. The van der Waals surface area contributed by atoms with Crippen LogP contribution in [0.2, 0.25) is 0 Å². The maximum Gasteiger partial charge on any atom is 0.260 e. The molecular weight excluding hydrogens is 380 g/mol. The van der Waals surface area contributed by atoms with Gasteiger partial charge in [0.15, 0.2) is 0 Å². The third kappa shape index (κ3) is 4.03. The number of hydrogen-bond acceptors (Lipinski definition) is 4. The van der Waals surface area contributed by atoms with Crippen molar-refractivity contribution in [2.75, 3.05) is 7.05 Å². The molecule has 2 amide bonds. The zero-order valence-corrected chi connectivity index (χ0v) is 17.4. The number of amides is 2. The van der Waals surface area contributed by atoms with E-state index in [1.54, 1.807) is 7.05 Å². The zero-order valence-electron chi connectivity index (χ0n) is 17.4. The molecule has 4 rings (SSSR count). The number of nitrogens with one attached hydrogen (secondary N) is 2. The summed E-state index contributed by atoms with van der Waals surface area (Å²) >= 11 is 0. The quantitative estimate of drug-likeness (QED) is 0.703. The Morgan fingerprint density at radius 2 is 1.97 bits per heavy atom. The van der Waals surface area contributed by atoms with E-state index in [4.69, 9.17) is 5.73 Å². The van der Waals surface area contributed by atoms with Crippen molar-refractivity contribution in [2.45, 2.75) is 51.2 Å². The number of aromatic nitrogens is 1. The number of rotatable bonds is 5. The van der Waals surface area contributed by atoms with Gasteiger partial charge >= 0.3 is 0 Å². The third-order valence-electron chi connectivity index (χ3n) is 6.33. The molecule has 7 heteroatoms. The fraction of sp³-hybridized carbons (Fsp3) is 0.435. The average Bonchev–Trinajstić information content (AvgIpc) is 2.65. The number of nitrogens with two attached hydrogens (primary N) is 1. The van der Waals surface area contributed by atoms with Crippen LogP contribution in [0.4, 0.5) is 0 Å². The molecule has 0 unspecified atom stereocenters. The molecule has 2 aliphatic carbocycles. The molecule has 158 valence electrons. The van der Waals surface area contributed by atoms with Crippen LogP contribution >= 0.6 is 0 Å². The van der Waals surface area contributed by atoms with Crippen molar-refractivity contribution in [3.8, 4) is 0 Å². The standard InChI is InChI=1S/C23H28N4O3/c1-14-4-3-5-15(6-14)13-27(2)22(30)19-7-16(12-25-21(19)29)20(28)26-18-10-23(11-18)8-17(24)9-23/h3-7,12,17-18H,8-11,13,24H2,1-2H3,(H,25,29)(H,26,28). The first kappa shape index (κ1) is 20.3. The molecule has 1 spiro atoms. The highest BCUT2D eigenvalue weighted by atomic mass is 16.2. The molecule has 30 heavy (non-hydrogen) atoms. The number of pyridine rings is 1. The summed E-state index contributed by atoms with van der Waals surface area (Å²) in [5.74, 6) is -0.691. The molecule has 4 N–H and O–H groups in total. The Balaban J connectivity index is 1.41. The van der Waals surface area contributed by atoms with E-state index in [9.17, 15) is 14.4 Å². The molecule has 0 atom stereocenters. The number of benzene rings is 1. The minimum absolute atomic E-state index is 0.0344. The Bertz CT molecular complexity index is 1030. The molecular formula is C23H28N4O3. The van der Waals surface area contributed by atoms with Gasteiger partial charge in [0.2, 0.25) is 0 Å². The van der Waals surface area contributed by atoms with E-state index < -0.39 is 11.5 Å². The SMILES string of the molecule is Cc1cccc(CN(C)C(=O)c2cc(C(=O)NC3CC4(CC(N)C4)C3)c[nH]c2=O)c1. The monoisotopic (exact) mass is 408 g/mol. The Labute approximate surface area is 175 Å². The van der Waals surface area contributed by atoms with Crippen LogP contribution in [-0.4, -0.2) is 40.8 Å². The van der Waals surface area contributed by atoms with Crippen LogP contribution in [0.1, 0.15) is 57.5 Å². The highest BCUT2D eigenvalue weighted by molar-refractivity contribution is 5.99. The normalized spacial score (nSPS) is 24.6. The Morgan fingerprint density at radius 1 is 1.23 bits per heavy atom. The second-order valence-corrected chi connectivity index (χ2v) is 9.03. The van der Waals surface area contributed by atoms with Gasteiger partial charge < -0.3 is 20.9 Å². The molecule has 0 radical (unpaired) electrons. The minimum atomic E-state index is -0.501. The third-order valence-corrected chi connectivity index (χ3v) is 6.33. The van der Waals surface area contributed by atoms with Gasteiger partial charge in [0, 0.05) is 31.9 Å². The maximum atomic E-state index is 12.8. The van der Waals surface area contributed by atoms with E-state index in [0.717, 1.165) is 36.8 Å². The largest absolute Gasteiger partial charge is 0.349 e. The van der Waals surface area contributed by atoms with E-state index in [1.807, 2.05) is 31.2 Å². The Hall–Kier alpha value is -2.93. The van der Waals surface area contributed by atoms with Gasteiger partial charge in [-0.15, -0.1) is 0 Å². The van der Waals surface area contributed by atoms with Gasteiger partial charge in [-0.2, -0.15) is 0 Å². The number of nitrogens with zero attached hydrogens (tertiary/aromatic N) is 1. The predicted molar refractivity (Wildman–Crippen MR) is 114 cm³/mol. The number of aromatic amines is 1. The Morgan fingerprint density at radius 3 is 2.63 bits per heavy atom. The lowest BCUT2D eigenvalue weighted by molar-refractivity contribution is -0.0159. The van der Waals surface area contributed by atoms with Crippen LogP contribution < -0.4 is 16.6 Å². The number of H-pyrrole nitrogens is 1. The van der Waals surface area contributed by atoms with Crippen molar-refractivity contribution >= 4 is 11.8 Å². The number of aryl methyl sites for hydroxylation is 1. The zero-order chi connectivity index (χ0) is 21.5. The van der Waals surface area contributed by atoms with Gasteiger partial charge in [-0.1, -0.05) is 29.8 Å². The molecule has 2 aromatic rings. The summed E-state index contributed by atoms with van der Waals surface area (Å²) in [5, 5.41) is 3.01. The van der Waals surface area contributed by atoms with Crippen LogP contribution in [0.3, 0.4) is 0 Å². The fourth-order valence-corrected chi connectivity index (χ4v) is 4.88. The summed E-state index contributed by atoms with van der Waals surface area (Å²) in [4.78, 5) is 41.7. The van der Waals surface area contributed by atoms with Crippen LogP contribution in [0, 0.1) is 12.3 Å². The van der Waals surface area contributed by atoms with E-state index in [2.05, 4.69) is 10.3 Å². The van der Waals surface area contributed by atoms with Gasteiger partial charge in [0.05, 0.1) is 5.56 Å². The van der Waals surface area contributed by atoms with Gasteiger partial charge in [-0.3, -0.25) is 14.4 Å². The lowest BCUT2D eigenvalue weighted by Gasteiger charge is -2.57. The van der Waals surface area contributed by atoms with Crippen LogP contribution in [0.5, 0.6) is 0 Å². The average molecular weight is 409 g/mol. The van der Waals surface area contributed by atoms with Crippen molar-refractivity contribution < 1.29 is 9.59 Å². The molecule has 2 aliphatic rings. The second kappa shape index (κ2) is 7.72. The highest BCUT2D eigenvalue weighted by Gasteiger charge is 2.52. The summed E-state index contributed by atoms with van der Waals surface area (Å²) < 4.78 is 0. The van der Waals surface area contributed by atoms with Crippen LogP contribution in [0.15, 0.2) is 41.3 Å². The molecule has 0 aliphatic heterocycles. The minimum Gasteiger partial charge on any atom is -0.349 e. The highest BCUT2D eigenvalue weighted by Crippen LogP contribution is 2.55. The maximum absolute atomic E-state index is 12.8. The fourth-order valence-electron chi connectivity index (χ4n) is 4.88. The van der Waals surface area contributed by atoms with Gasteiger partial charge in [0.1, 0.15) is 5.56 Å². The predicted octanol–water partition coefficient (Wildman–Crippen LogP) is 1.96. The lowest BCUT2D eigenvalue weighted by atomic mass is 9.52. The first-order valence-corrected chi connectivity index (χ1v) is 10.3. The first-order valence-electron chi connectivity index (χ1n) is 10.3. The molecule has 2 fully saturated rings. The summed E-state index contributed by atoms with van der Waals surface area (Å²) in [6.07, 6.45) is 5.32. The van der Waals surface area contributed by atoms with Gasteiger partial charge in [0.25, 0.3) is 17.4 Å². The molecule has 1 aromatic carbocycles. The van der Waals surface area contributed by atoms with Crippen molar-refractivity contribution in [1.82, 2.24) is 15.2 Å².